The maximum Gasteiger partial charge on any atom is 0.317 e. The average molecular weight is 227 g/mol. The van der Waals surface area contributed by atoms with Gasteiger partial charge in [-0.15, -0.1) is 0 Å². The van der Waals surface area contributed by atoms with Gasteiger partial charge >= 0.3 is 13.2 Å². The van der Waals surface area contributed by atoms with Crippen LogP contribution in [0.3, 0.4) is 0 Å². The van der Waals surface area contributed by atoms with Crippen molar-refractivity contribution in [1.29, 1.82) is 0 Å². The van der Waals surface area contributed by atoms with Crippen molar-refractivity contribution >= 4 is 44.9 Å². The minimum Gasteiger partial charge on any atom is -0.267 e. The highest BCUT2D eigenvalue weighted by molar-refractivity contribution is 7.92. The SMILES string of the molecule is CCOS(=O)(=O)C(Cl)(Cl)Cl. The van der Waals surface area contributed by atoms with Gasteiger partial charge in [-0.1, -0.05) is 34.8 Å². The molecule has 0 aliphatic rings. The van der Waals surface area contributed by atoms with Crippen molar-refractivity contribution in [3.05, 3.63) is 0 Å². The molecule has 7 heteroatoms. The Labute approximate surface area is 74.3 Å². The smallest absolute Gasteiger partial charge is 0.267 e. The van der Waals surface area contributed by atoms with Crippen LogP contribution in [-0.4, -0.2) is 18.1 Å². The lowest BCUT2D eigenvalue weighted by Gasteiger charge is -2.09. The Morgan fingerprint density at radius 1 is 1.40 bits per heavy atom. The molecule has 62 valence electrons. The number of halogens is 3. The minimum absolute atomic E-state index is 0.0454. The van der Waals surface area contributed by atoms with Crippen LogP contribution in [0.25, 0.3) is 0 Å². The van der Waals surface area contributed by atoms with E-state index >= 15 is 0 Å². The van der Waals surface area contributed by atoms with E-state index < -0.39 is 13.2 Å². The third kappa shape index (κ3) is 2.80. The first-order valence-electron chi connectivity index (χ1n) is 2.27. The maximum atomic E-state index is 10.6. The Hall–Kier alpha value is 0.780. The van der Waals surface area contributed by atoms with Crippen molar-refractivity contribution in [2.24, 2.45) is 0 Å². The van der Waals surface area contributed by atoms with Crippen molar-refractivity contribution in [1.82, 2.24) is 0 Å². The average Bonchev–Trinajstić information content (AvgIpc) is 1.61. The Kier molecular flexibility index (Phi) is 3.72. The van der Waals surface area contributed by atoms with Crippen LogP contribution in [0.4, 0.5) is 0 Å². The molecule has 0 saturated carbocycles. The lowest BCUT2D eigenvalue weighted by Crippen LogP contribution is -2.21. The molecular weight excluding hydrogens is 222 g/mol. The molecule has 0 saturated heterocycles. The second kappa shape index (κ2) is 3.45. The van der Waals surface area contributed by atoms with Gasteiger partial charge in [-0.25, -0.2) is 0 Å². The molecule has 10 heavy (non-hydrogen) atoms. The monoisotopic (exact) mass is 226 g/mol. The normalized spacial score (nSPS) is 13.6. The van der Waals surface area contributed by atoms with Gasteiger partial charge < -0.3 is 0 Å². The predicted molar refractivity (Wildman–Crippen MR) is 40.8 cm³/mol. The summed E-state index contributed by atoms with van der Waals surface area (Å²) in [6, 6.07) is 0. The van der Waals surface area contributed by atoms with Gasteiger partial charge in [0.1, 0.15) is 0 Å². The third-order valence-electron chi connectivity index (χ3n) is 0.556. The molecule has 0 amide bonds. The van der Waals surface area contributed by atoms with Crippen LogP contribution in [0, 0.1) is 0 Å². The highest BCUT2D eigenvalue weighted by Gasteiger charge is 2.38. The molecule has 0 rings (SSSR count). The number of alkyl halides is 3. The predicted octanol–water partition coefficient (Wildman–Crippen LogP) is 1.68. The fraction of sp³-hybridized carbons (Fsp3) is 1.00. The second-order valence-corrected chi connectivity index (χ2v) is 6.02. The topological polar surface area (TPSA) is 43.4 Å². The van der Waals surface area contributed by atoms with Gasteiger partial charge in [-0.05, 0) is 6.92 Å². The van der Waals surface area contributed by atoms with Crippen LogP contribution in [-0.2, 0) is 14.3 Å². The van der Waals surface area contributed by atoms with E-state index in [4.69, 9.17) is 34.8 Å². The summed E-state index contributed by atoms with van der Waals surface area (Å²) in [6.07, 6.45) is 0. The van der Waals surface area contributed by atoms with E-state index in [-0.39, 0.29) is 6.61 Å². The zero-order valence-corrected chi connectivity index (χ0v) is 8.06. The summed E-state index contributed by atoms with van der Waals surface area (Å²) < 4.78 is 23.1. The van der Waals surface area contributed by atoms with E-state index in [0.717, 1.165) is 0 Å². The van der Waals surface area contributed by atoms with Crippen molar-refractivity contribution in [3.63, 3.8) is 0 Å². The van der Waals surface area contributed by atoms with E-state index in [0.29, 0.717) is 0 Å². The molecule has 0 spiro atoms. The molecule has 3 nitrogen and oxygen atoms in total. The van der Waals surface area contributed by atoms with Crippen LogP contribution in [0.5, 0.6) is 0 Å². The van der Waals surface area contributed by atoms with Gasteiger partial charge in [0.25, 0.3) is 0 Å². The summed E-state index contributed by atoms with van der Waals surface area (Å²) in [7, 11) is -4.05. The zero-order chi connectivity index (χ0) is 8.41. The van der Waals surface area contributed by atoms with Gasteiger partial charge in [-0.2, -0.15) is 8.42 Å². The largest absolute Gasteiger partial charge is 0.317 e. The van der Waals surface area contributed by atoms with E-state index in [9.17, 15) is 8.42 Å². The van der Waals surface area contributed by atoms with Crippen molar-refractivity contribution < 1.29 is 12.6 Å². The van der Waals surface area contributed by atoms with Crippen LogP contribution < -0.4 is 0 Å². The number of hydrogen-bond donors (Lipinski definition) is 0. The summed E-state index contributed by atoms with van der Waals surface area (Å²) >= 11 is 15.1. The molecule has 0 fully saturated rings. The number of hydrogen-bond acceptors (Lipinski definition) is 3. The summed E-state index contributed by atoms with van der Waals surface area (Å²) in [5.41, 5.74) is 0. The fourth-order valence-electron chi connectivity index (χ4n) is 0.222. The summed E-state index contributed by atoms with van der Waals surface area (Å²) in [5.74, 6) is 0. The highest BCUT2D eigenvalue weighted by Crippen LogP contribution is 2.33. The molecule has 0 atom stereocenters. The quantitative estimate of drug-likeness (QED) is 0.532. The van der Waals surface area contributed by atoms with Crippen molar-refractivity contribution in [3.8, 4) is 0 Å². The zero-order valence-electron chi connectivity index (χ0n) is 4.97. The first-order valence-corrected chi connectivity index (χ1v) is 4.81. The van der Waals surface area contributed by atoms with Crippen molar-refractivity contribution in [2.45, 2.75) is 10.0 Å². The van der Waals surface area contributed by atoms with Gasteiger partial charge in [0.2, 0.25) is 0 Å². The molecule has 0 aromatic heterocycles. The molecular formula is C3H5Cl3O3S. The van der Waals surface area contributed by atoms with Crippen LogP contribution >= 0.6 is 34.8 Å². The molecule has 0 aromatic carbocycles. The minimum atomic E-state index is -4.05. The maximum absolute atomic E-state index is 10.6. The third-order valence-corrected chi connectivity index (χ3v) is 3.37. The Morgan fingerprint density at radius 3 is 1.90 bits per heavy atom. The van der Waals surface area contributed by atoms with Crippen molar-refractivity contribution in [2.75, 3.05) is 6.61 Å². The number of rotatable bonds is 2. The van der Waals surface area contributed by atoms with E-state index in [1.807, 2.05) is 0 Å². The highest BCUT2D eigenvalue weighted by atomic mass is 35.6. The molecule has 0 aliphatic heterocycles. The second-order valence-electron chi connectivity index (χ2n) is 1.31. The summed E-state index contributed by atoms with van der Waals surface area (Å²) in [4.78, 5) is 0. The van der Waals surface area contributed by atoms with Gasteiger partial charge in [-0.3, -0.25) is 4.18 Å². The van der Waals surface area contributed by atoms with Gasteiger partial charge in [0.05, 0.1) is 6.61 Å². The van der Waals surface area contributed by atoms with Crippen LogP contribution in [0.15, 0.2) is 0 Å². The van der Waals surface area contributed by atoms with Gasteiger partial charge in [0, 0.05) is 0 Å². The first kappa shape index (κ1) is 10.8. The Bertz CT molecular complexity index is 192. The van der Waals surface area contributed by atoms with Crippen LogP contribution in [0.2, 0.25) is 0 Å². The molecule has 0 aromatic rings. The van der Waals surface area contributed by atoms with Crippen LogP contribution in [0.1, 0.15) is 6.92 Å². The molecule has 0 N–H and O–H groups in total. The Balaban J connectivity index is 4.44. The molecule has 0 radical (unpaired) electrons. The molecule has 0 bridgehead atoms. The first-order chi connectivity index (χ1) is 4.31. The molecule has 0 heterocycles. The summed E-state index contributed by atoms with van der Waals surface area (Å²) in [5, 5.41) is 0. The van der Waals surface area contributed by atoms with E-state index in [2.05, 4.69) is 4.18 Å². The lowest BCUT2D eigenvalue weighted by molar-refractivity contribution is 0.338. The summed E-state index contributed by atoms with van der Waals surface area (Å²) in [6.45, 7) is 1.43. The van der Waals surface area contributed by atoms with E-state index in [1.165, 1.54) is 6.92 Å². The molecule has 0 aliphatic carbocycles. The fourth-order valence-corrected chi connectivity index (χ4v) is 1.07. The van der Waals surface area contributed by atoms with Gasteiger partial charge in [0.15, 0.2) is 0 Å². The van der Waals surface area contributed by atoms with E-state index in [1.54, 1.807) is 0 Å². The standard InChI is InChI=1S/C3H5Cl3O3S/c1-2-9-10(7,8)3(4,5)6/h2H2,1H3. The Morgan fingerprint density at radius 2 is 1.80 bits per heavy atom. The lowest BCUT2D eigenvalue weighted by atomic mass is 10.9. The molecule has 0 unspecified atom stereocenters.